The summed E-state index contributed by atoms with van der Waals surface area (Å²) >= 11 is 0. The molecule has 0 aliphatic rings. The monoisotopic (exact) mass is 391 g/mol. The van der Waals surface area contributed by atoms with Gasteiger partial charge in [0.05, 0.1) is 29.9 Å². The van der Waals surface area contributed by atoms with Gasteiger partial charge in [0.25, 0.3) is 10.0 Å². The van der Waals surface area contributed by atoms with Crippen LogP contribution in [0.4, 0.5) is 5.69 Å². The van der Waals surface area contributed by atoms with Crippen molar-refractivity contribution in [2.45, 2.75) is 38.0 Å². The fraction of sp³-hybridized carbons (Fsp3) is 0.350. The molecule has 2 aromatic carbocycles. The number of hydrogen-bond acceptors (Lipinski definition) is 5. The van der Waals surface area contributed by atoms with Crippen LogP contribution in [-0.4, -0.2) is 28.1 Å². The average Bonchev–Trinajstić information content (AvgIpc) is 2.61. The van der Waals surface area contributed by atoms with Gasteiger partial charge in [0.1, 0.15) is 5.75 Å². The van der Waals surface area contributed by atoms with Gasteiger partial charge in [-0.2, -0.15) is 0 Å². The van der Waals surface area contributed by atoms with Crippen molar-refractivity contribution in [2.75, 3.05) is 18.4 Å². The van der Waals surface area contributed by atoms with E-state index in [4.69, 9.17) is 9.47 Å². The number of nitrogens with one attached hydrogen (secondary N) is 1. The molecular formula is C20H25NO5S. The van der Waals surface area contributed by atoms with Crippen molar-refractivity contribution in [3.05, 3.63) is 53.6 Å². The third-order valence-electron chi connectivity index (χ3n) is 3.99. The zero-order valence-electron chi connectivity index (χ0n) is 16.2. The summed E-state index contributed by atoms with van der Waals surface area (Å²) < 4.78 is 38.3. The molecule has 0 saturated carbocycles. The van der Waals surface area contributed by atoms with Crippen LogP contribution in [0.3, 0.4) is 0 Å². The summed E-state index contributed by atoms with van der Waals surface area (Å²) in [4.78, 5) is 11.7. The maximum atomic E-state index is 12.8. The molecule has 0 unspecified atom stereocenters. The first-order chi connectivity index (χ1) is 12.6. The number of ether oxygens (including phenoxy) is 2. The van der Waals surface area contributed by atoms with Crippen molar-refractivity contribution in [3.8, 4) is 5.75 Å². The molecule has 0 bridgehead atoms. The summed E-state index contributed by atoms with van der Waals surface area (Å²) in [6.45, 7) is 8.09. The number of anilines is 1. The van der Waals surface area contributed by atoms with Crippen molar-refractivity contribution < 1.29 is 22.7 Å². The minimum Gasteiger partial charge on any atom is -0.495 e. The molecule has 0 saturated heterocycles. The zero-order chi connectivity index (χ0) is 20.2. The van der Waals surface area contributed by atoms with E-state index in [0.29, 0.717) is 17.0 Å². The second-order valence-corrected chi connectivity index (χ2v) is 8.70. The largest absolute Gasteiger partial charge is 0.495 e. The minimum atomic E-state index is -3.85. The molecule has 2 aromatic rings. The van der Waals surface area contributed by atoms with E-state index in [1.54, 1.807) is 19.1 Å². The Hall–Kier alpha value is -2.54. The lowest BCUT2D eigenvalue weighted by molar-refractivity contribution is 0.0526. The van der Waals surface area contributed by atoms with Crippen LogP contribution in [0.15, 0.2) is 47.4 Å². The van der Waals surface area contributed by atoms with E-state index in [1.165, 1.54) is 31.4 Å². The van der Waals surface area contributed by atoms with Crippen LogP contribution in [-0.2, 0) is 20.2 Å². The maximum absolute atomic E-state index is 12.8. The molecule has 2 rings (SSSR count). The van der Waals surface area contributed by atoms with Gasteiger partial charge in [0.2, 0.25) is 0 Å². The molecule has 0 aromatic heterocycles. The van der Waals surface area contributed by atoms with Gasteiger partial charge in [-0.25, -0.2) is 13.2 Å². The van der Waals surface area contributed by atoms with E-state index in [2.05, 4.69) is 4.72 Å². The molecule has 0 amide bonds. The number of sulfonamides is 1. The van der Waals surface area contributed by atoms with E-state index in [1.807, 2.05) is 26.8 Å². The molecule has 146 valence electrons. The highest BCUT2D eigenvalue weighted by molar-refractivity contribution is 7.92. The maximum Gasteiger partial charge on any atom is 0.338 e. The summed E-state index contributed by atoms with van der Waals surface area (Å²) in [6, 6.07) is 11.0. The standard InChI is InChI=1S/C20H25NO5S/c1-6-26-19(22)14-7-10-16(11-8-14)27(23,24)21-17-13-15(20(2,3)4)9-12-18(17)25-5/h7-13,21H,6H2,1-5H3. The van der Waals surface area contributed by atoms with Crippen LogP contribution >= 0.6 is 0 Å². The van der Waals surface area contributed by atoms with Crippen LogP contribution < -0.4 is 9.46 Å². The van der Waals surface area contributed by atoms with Gasteiger partial charge in [0, 0.05) is 0 Å². The molecule has 27 heavy (non-hydrogen) atoms. The molecule has 1 N–H and O–H groups in total. The van der Waals surface area contributed by atoms with Crippen LogP contribution in [0.5, 0.6) is 5.75 Å². The Morgan fingerprint density at radius 3 is 2.22 bits per heavy atom. The van der Waals surface area contributed by atoms with Gasteiger partial charge in [-0.15, -0.1) is 0 Å². The van der Waals surface area contributed by atoms with E-state index in [0.717, 1.165) is 5.56 Å². The number of carbonyl (C=O) groups is 1. The lowest BCUT2D eigenvalue weighted by atomic mass is 9.87. The van der Waals surface area contributed by atoms with Crippen LogP contribution in [0, 0.1) is 0 Å². The number of benzene rings is 2. The molecule has 7 heteroatoms. The van der Waals surface area contributed by atoms with Crippen molar-refractivity contribution >= 4 is 21.7 Å². The number of rotatable bonds is 6. The van der Waals surface area contributed by atoms with E-state index in [9.17, 15) is 13.2 Å². The van der Waals surface area contributed by atoms with Crippen molar-refractivity contribution in [1.82, 2.24) is 0 Å². The Bertz CT molecular complexity index is 912. The lowest BCUT2D eigenvalue weighted by Gasteiger charge is -2.21. The summed E-state index contributed by atoms with van der Waals surface area (Å²) in [6.07, 6.45) is 0. The molecule has 6 nitrogen and oxygen atoms in total. The summed E-state index contributed by atoms with van der Waals surface area (Å²) in [5, 5.41) is 0. The van der Waals surface area contributed by atoms with Crippen molar-refractivity contribution in [1.29, 1.82) is 0 Å². The first-order valence-corrected chi connectivity index (χ1v) is 10.1. The van der Waals surface area contributed by atoms with Gasteiger partial charge in [-0.3, -0.25) is 4.72 Å². The third-order valence-corrected chi connectivity index (χ3v) is 5.37. The second kappa shape index (κ2) is 8.00. The summed E-state index contributed by atoms with van der Waals surface area (Å²) in [5.74, 6) is -0.0660. The highest BCUT2D eigenvalue weighted by Crippen LogP contribution is 2.32. The van der Waals surface area contributed by atoms with Crippen LogP contribution in [0.2, 0.25) is 0 Å². The van der Waals surface area contributed by atoms with Crippen LogP contribution in [0.1, 0.15) is 43.6 Å². The SMILES string of the molecule is CCOC(=O)c1ccc(S(=O)(=O)Nc2cc(C(C)(C)C)ccc2OC)cc1. The third kappa shape index (κ3) is 5.01. The Kier molecular flexibility index (Phi) is 6.15. The summed E-state index contributed by atoms with van der Waals surface area (Å²) in [5.41, 5.74) is 1.48. The van der Waals surface area contributed by atoms with Crippen molar-refractivity contribution in [3.63, 3.8) is 0 Å². The Morgan fingerprint density at radius 2 is 1.70 bits per heavy atom. The number of methoxy groups -OCH3 is 1. The number of hydrogen-bond donors (Lipinski definition) is 1. The highest BCUT2D eigenvalue weighted by atomic mass is 32.2. The highest BCUT2D eigenvalue weighted by Gasteiger charge is 2.20. The smallest absolute Gasteiger partial charge is 0.338 e. The van der Waals surface area contributed by atoms with Gasteiger partial charge in [-0.05, 0) is 54.3 Å². The first-order valence-electron chi connectivity index (χ1n) is 8.57. The number of esters is 1. The van der Waals surface area contributed by atoms with Gasteiger partial charge in [0.15, 0.2) is 0 Å². The van der Waals surface area contributed by atoms with E-state index >= 15 is 0 Å². The molecular weight excluding hydrogens is 366 g/mol. The Balaban J connectivity index is 2.34. The van der Waals surface area contributed by atoms with Crippen molar-refractivity contribution in [2.24, 2.45) is 0 Å². The van der Waals surface area contributed by atoms with E-state index in [-0.39, 0.29) is 16.9 Å². The topological polar surface area (TPSA) is 81.7 Å². The fourth-order valence-corrected chi connectivity index (χ4v) is 3.50. The molecule has 0 atom stereocenters. The summed E-state index contributed by atoms with van der Waals surface area (Å²) in [7, 11) is -2.36. The molecule has 0 radical (unpaired) electrons. The Morgan fingerprint density at radius 1 is 1.07 bits per heavy atom. The molecule has 0 aliphatic heterocycles. The lowest BCUT2D eigenvalue weighted by Crippen LogP contribution is -2.16. The predicted octanol–water partition coefficient (Wildman–Crippen LogP) is 3.97. The molecule has 0 heterocycles. The molecule has 0 aliphatic carbocycles. The molecule has 0 fully saturated rings. The van der Waals surface area contributed by atoms with Gasteiger partial charge < -0.3 is 9.47 Å². The second-order valence-electron chi connectivity index (χ2n) is 7.02. The zero-order valence-corrected chi connectivity index (χ0v) is 17.0. The minimum absolute atomic E-state index is 0.0405. The van der Waals surface area contributed by atoms with E-state index < -0.39 is 16.0 Å². The van der Waals surface area contributed by atoms with Gasteiger partial charge in [-0.1, -0.05) is 26.8 Å². The quantitative estimate of drug-likeness (QED) is 0.754. The Labute approximate surface area is 160 Å². The van der Waals surface area contributed by atoms with Gasteiger partial charge >= 0.3 is 5.97 Å². The average molecular weight is 391 g/mol. The fourth-order valence-electron chi connectivity index (χ4n) is 2.44. The molecule has 0 spiro atoms. The predicted molar refractivity (Wildman–Crippen MR) is 105 cm³/mol. The first kappa shape index (κ1) is 20.8. The van der Waals surface area contributed by atoms with Crippen LogP contribution in [0.25, 0.3) is 0 Å². The normalized spacial score (nSPS) is 11.7. The number of carbonyl (C=O) groups excluding carboxylic acids is 1.